The molecule has 0 aliphatic heterocycles. The third-order valence-corrected chi connectivity index (χ3v) is 3.40. The van der Waals surface area contributed by atoms with E-state index in [1.807, 2.05) is 17.6 Å². The van der Waals surface area contributed by atoms with Crippen molar-refractivity contribution in [2.24, 2.45) is 5.73 Å². The van der Waals surface area contributed by atoms with Gasteiger partial charge in [-0.1, -0.05) is 39.9 Å². The third-order valence-electron chi connectivity index (χ3n) is 3.18. The minimum atomic E-state index is -0.0860. The summed E-state index contributed by atoms with van der Waals surface area (Å²) in [5.41, 5.74) is 6.88. The lowest BCUT2D eigenvalue weighted by molar-refractivity contribution is 0.438. The van der Waals surface area contributed by atoms with E-state index in [1.165, 1.54) is 0 Å². The maximum atomic E-state index is 12.5. The average molecular weight is 266 g/mol. The number of pyridine rings is 1. The summed E-state index contributed by atoms with van der Waals surface area (Å²) in [6.45, 7) is 10.4. The Kier molecular flexibility index (Phi) is 4.32. The van der Waals surface area contributed by atoms with Crippen LogP contribution in [0, 0.1) is 0 Å². The summed E-state index contributed by atoms with van der Waals surface area (Å²) in [5.74, 6) is 0. The highest BCUT2D eigenvalue weighted by atomic mass is 32.1. The molecule has 100 valence electrons. The molecule has 18 heavy (non-hydrogen) atoms. The molecule has 0 aliphatic rings. The summed E-state index contributed by atoms with van der Waals surface area (Å²) in [4.78, 5) is 12.6. The fourth-order valence-corrected chi connectivity index (χ4v) is 2.13. The van der Waals surface area contributed by atoms with Crippen LogP contribution in [0.1, 0.15) is 58.3 Å². The van der Waals surface area contributed by atoms with Crippen LogP contribution in [-0.2, 0) is 5.41 Å². The first kappa shape index (κ1) is 14.9. The standard InChI is InChI=1S/C14H22N2OS/c1-6-9(2)16-11(14(3,4)5)8-7-10(12(15)18)13(16)17/h7-9H,6H2,1-5H3,(H2,15,18). The van der Waals surface area contributed by atoms with Crippen LogP contribution in [-0.4, -0.2) is 9.56 Å². The molecular formula is C14H22N2OS. The Balaban J connectivity index is 3.63. The molecule has 1 unspecified atom stereocenters. The molecule has 0 aliphatic carbocycles. The van der Waals surface area contributed by atoms with Gasteiger partial charge in [-0.25, -0.2) is 0 Å². The molecule has 0 saturated heterocycles. The molecule has 0 amide bonds. The van der Waals surface area contributed by atoms with E-state index in [2.05, 4.69) is 27.7 Å². The summed E-state index contributed by atoms with van der Waals surface area (Å²) < 4.78 is 1.83. The van der Waals surface area contributed by atoms with E-state index in [9.17, 15) is 4.79 Å². The molecule has 0 saturated carbocycles. The number of nitrogens with zero attached hydrogens (tertiary/aromatic N) is 1. The van der Waals surface area contributed by atoms with Crippen molar-refractivity contribution in [3.05, 3.63) is 33.7 Å². The van der Waals surface area contributed by atoms with Crippen molar-refractivity contribution < 1.29 is 0 Å². The SMILES string of the molecule is CCC(C)n1c(C(C)(C)C)ccc(C(N)=S)c1=O. The van der Waals surface area contributed by atoms with E-state index in [0.717, 1.165) is 12.1 Å². The van der Waals surface area contributed by atoms with Crippen LogP contribution in [0.4, 0.5) is 0 Å². The Morgan fingerprint density at radius 1 is 1.44 bits per heavy atom. The Bertz CT molecular complexity index is 512. The molecule has 0 radical (unpaired) electrons. The lowest BCUT2D eigenvalue weighted by atomic mass is 9.90. The van der Waals surface area contributed by atoms with Gasteiger partial charge in [0.1, 0.15) is 4.99 Å². The Hall–Kier alpha value is -1.16. The zero-order valence-corrected chi connectivity index (χ0v) is 12.6. The molecule has 2 N–H and O–H groups in total. The van der Waals surface area contributed by atoms with Crippen molar-refractivity contribution in [1.29, 1.82) is 0 Å². The average Bonchev–Trinajstić information content (AvgIpc) is 2.25. The molecule has 1 aromatic rings. The molecule has 3 nitrogen and oxygen atoms in total. The van der Waals surface area contributed by atoms with Crippen LogP contribution in [0.2, 0.25) is 0 Å². The van der Waals surface area contributed by atoms with Crippen molar-refractivity contribution in [2.75, 3.05) is 0 Å². The van der Waals surface area contributed by atoms with Crippen LogP contribution in [0.5, 0.6) is 0 Å². The van der Waals surface area contributed by atoms with Crippen molar-refractivity contribution >= 4 is 17.2 Å². The third kappa shape index (κ3) is 2.80. The van der Waals surface area contributed by atoms with E-state index in [4.69, 9.17) is 18.0 Å². The largest absolute Gasteiger partial charge is 0.389 e. The van der Waals surface area contributed by atoms with E-state index in [-0.39, 0.29) is 22.0 Å². The zero-order valence-electron chi connectivity index (χ0n) is 11.8. The molecule has 0 aromatic carbocycles. The van der Waals surface area contributed by atoms with Crippen LogP contribution in [0.15, 0.2) is 16.9 Å². The topological polar surface area (TPSA) is 48.0 Å². The van der Waals surface area contributed by atoms with Gasteiger partial charge in [0.25, 0.3) is 5.56 Å². The molecule has 1 rings (SSSR count). The minimum Gasteiger partial charge on any atom is -0.389 e. The van der Waals surface area contributed by atoms with Crippen LogP contribution < -0.4 is 11.3 Å². The van der Waals surface area contributed by atoms with Crippen molar-refractivity contribution in [3.8, 4) is 0 Å². The van der Waals surface area contributed by atoms with Gasteiger partial charge in [0.2, 0.25) is 0 Å². The second-order valence-electron chi connectivity index (χ2n) is 5.68. The van der Waals surface area contributed by atoms with Gasteiger partial charge < -0.3 is 10.3 Å². The number of nitrogens with two attached hydrogens (primary N) is 1. The summed E-state index contributed by atoms with van der Waals surface area (Å²) in [5, 5.41) is 0. The Morgan fingerprint density at radius 3 is 2.39 bits per heavy atom. The maximum absolute atomic E-state index is 12.5. The molecule has 1 aromatic heterocycles. The second kappa shape index (κ2) is 5.22. The van der Waals surface area contributed by atoms with Gasteiger partial charge in [0, 0.05) is 17.2 Å². The summed E-state index contributed by atoms with van der Waals surface area (Å²) in [6.07, 6.45) is 0.893. The minimum absolute atomic E-state index is 0.0794. The van der Waals surface area contributed by atoms with E-state index >= 15 is 0 Å². The van der Waals surface area contributed by atoms with Gasteiger partial charge in [-0.3, -0.25) is 4.79 Å². The van der Waals surface area contributed by atoms with E-state index < -0.39 is 0 Å². The van der Waals surface area contributed by atoms with Crippen molar-refractivity contribution in [2.45, 2.75) is 52.5 Å². The van der Waals surface area contributed by atoms with Crippen LogP contribution in [0.3, 0.4) is 0 Å². The van der Waals surface area contributed by atoms with Crippen molar-refractivity contribution in [3.63, 3.8) is 0 Å². The fourth-order valence-electron chi connectivity index (χ4n) is 1.97. The van der Waals surface area contributed by atoms with Gasteiger partial charge in [0.15, 0.2) is 0 Å². The maximum Gasteiger partial charge on any atom is 0.261 e. The number of hydrogen-bond acceptors (Lipinski definition) is 2. The van der Waals surface area contributed by atoms with Crippen LogP contribution in [0.25, 0.3) is 0 Å². The molecule has 0 fully saturated rings. The Labute approximate surface area is 114 Å². The fraction of sp³-hybridized carbons (Fsp3) is 0.571. The molecule has 1 atom stereocenters. The predicted octanol–water partition coefficient (Wildman–Crippen LogP) is 2.75. The molecule has 0 bridgehead atoms. The first-order valence-electron chi connectivity index (χ1n) is 6.26. The summed E-state index contributed by atoms with van der Waals surface area (Å²) >= 11 is 4.93. The number of rotatable bonds is 3. The van der Waals surface area contributed by atoms with Crippen molar-refractivity contribution in [1.82, 2.24) is 4.57 Å². The number of aromatic nitrogens is 1. The number of hydrogen-bond donors (Lipinski definition) is 1. The van der Waals surface area contributed by atoms with E-state index in [0.29, 0.717) is 5.56 Å². The summed E-state index contributed by atoms with van der Waals surface area (Å²) in [7, 11) is 0. The number of thiocarbonyl (C=S) groups is 1. The zero-order chi connectivity index (χ0) is 14.1. The normalized spacial score (nSPS) is 13.4. The first-order chi connectivity index (χ1) is 8.20. The first-order valence-corrected chi connectivity index (χ1v) is 6.66. The lowest BCUT2D eigenvalue weighted by Crippen LogP contribution is -2.35. The van der Waals surface area contributed by atoms with Gasteiger partial charge >= 0.3 is 0 Å². The highest BCUT2D eigenvalue weighted by molar-refractivity contribution is 7.80. The van der Waals surface area contributed by atoms with Gasteiger partial charge in [-0.2, -0.15) is 0 Å². The summed E-state index contributed by atoms with van der Waals surface area (Å²) in [6, 6.07) is 3.84. The second-order valence-corrected chi connectivity index (χ2v) is 6.12. The molecular weight excluding hydrogens is 244 g/mol. The highest BCUT2D eigenvalue weighted by Crippen LogP contribution is 2.24. The van der Waals surface area contributed by atoms with Gasteiger partial charge in [0.05, 0.1) is 5.56 Å². The van der Waals surface area contributed by atoms with E-state index in [1.54, 1.807) is 6.07 Å². The monoisotopic (exact) mass is 266 g/mol. The van der Waals surface area contributed by atoms with Gasteiger partial charge in [-0.05, 0) is 25.5 Å². The van der Waals surface area contributed by atoms with Crippen LogP contribution >= 0.6 is 12.2 Å². The molecule has 4 heteroatoms. The smallest absolute Gasteiger partial charge is 0.261 e. The molecule has 0 spiro atoms. The quantitative estimate of drug-likeness (QED) is 0.856. The lowest BCUT2D eigenvalue weighted by Gasteiger charge is -2.28. The highest BCUT2D eigenvalue weighted by Gasteiger charge is 2.22. The van der Waals surface area contributed by atoms with Gasteiger partial charge in [-0.15, -0.1) is 0 Å². The molecule has 1 heterocycles. The Morgan fingerprint density at radius 2 is 2.00 bits per heavy atom. The predicted molar refractivity (Wildman–Crippen MR) is 80.3 cm³/mol.